The number of anilines is 1. The van der Waals surface area contributed by atoms with E-state index in [9.17, 15) is 0 Å². The van der Waals surface area contributed by atoms with Crippen LogP contribution in [0.1, 0.15) is 20.3 Å². The van der Waals surface area contributed by atoms with Crippen molar-refractivity contribution in [3.05, 3.63) is 6.07 Å². The molecule has 0 aliphatic heterocycles. The summed E-state index contributed by atoms with van der Waals surface area (Å²) in [5.74, 6) is 6.01. The van der Waals surface area contributed by atoms with Gasteiger partial charge in [0.15, 0.2) is 5.16 Å². The van der Waals surface area contributed by atoms with Gasteiger partial charge < -0.3 is 5.43 Å². The highest BCUT2D eigenvalue weighted by Gasteiger charge is 2.07. The predicted octanol–water partition coefficient (Wildman–Crippen LogP) is 2.37. The van der Waals surface area contributed by atoms with Crippen molar-refractivity contribution in [2.24, 2.45) is 5.84 Å². The third-order valence-corrected chi connectivity index (χ3v) is 3.64. The van der Waals surface area contributed by atoms with E-state index in [1.54, 1.807) is 11.8 Å². The Bertz CT molecular complexity index is 297. The second kappa shape index (κ2) is 6.19. The number of hydrogen-bond acceptors (Lipinski definition) is 6. The molecule has 0 aromatic carbocycles. The second-order valence-corrected chi connectivity index (χ2v) is 5.29. The first-order chi connectivity index (χ1) is 7.19. The van der Waals surface area contributed by atoms with E-state index >= 15 is 0 Å². The van der Waals surface area contributed by atoms with Crippen LogP contribution in [-0.4, -0.2) is 21.5 Å². The first-order valence-electron chi connectivity index (χ1n) is 4.76. The van der Waals surface area contributed by atoms with Crippen LogP contribution in [-0.2, 0) is 0 Å². The largest absolute Gasteiger partial charge is 0.308 e. The van der Waals surface area contributed by atoms with Gasteiger partial charge in [0.1, 0.15) is 10.8 Å². The second-order valence-electron chi connectivity index (χ2n) is 3.06. The summed E-state index contributed by atoms with van der Waals surface area (Å²) in [4.78, 5) is 8.61. The van der Waals surface area contributed by atoms with Crippen LogP contribution < -0.4 is 11.3 Å². The van der Waals surface area contributed by atoms with E-state index in [1.807, 2.05) is 12.3 Å². The lowest BCUT2D eigenvalue weighted by Gasteiger charge is -2.09. The number of nitrogens with zero attached hydrogens (tertiary/aromatic N) is 2. The van der Waals surface area contributed by atoms with E-state index in [1.165, 1.54) is 11.8 Å². The van der Waals surface area contributed by atoms with Crippen molar-refractivity contribution in [3.8, 4) is 0 Å². The third-order valence-electron chi connectivity index (χ3n) is 1.91. The topological polar surface area (TPSA) is 63.8 Å². The van der Waals surface area contributed by atoms with Crippen LogP contribution in [0.3, 0.4) is 0 Å². The fraction of sp³-hybridized carbons (Fsp3) is 0.556. The zero-order chi connectivity index (χ0) is 11.3. The average Bonchev–Trinajstić information content (AvgIpc) is 2.28. The highest BCUT2D eigenvalue weighted by molar-refractivity contribution is 8.00. The van der Waals surface area contributed by atoms with Crippen LogP contribution in [0.5, 0.6) is 0 Å². The van der Waals surface area contributed by atoms with Gasteiger partial charge in [0.05, 0.1) is 0 Å². The van der Waals surface area contributed by atoms with Crippen molar-refractivity contribution in [2.45, 2.75) is 35.7 Å². The van der Waals surface area contributed by atoms with Crippen LogP contribution >= 0.6 is 23.5 Å². The van der Waals surface area contributed by atoms with Gasteiger partial charge in [-0.2, -0.15) is 0 Å². The molecule has 1 aromatic rings. The summed E-state index contributed by atoms with van der Waals surface area (Å²) in [7, 11) is 0. The van der Waals surface area contributed by atoms with Gasteiger partial charge in [-0.05, 0) is 12.7 Å². The summed E-state index contributed by atoms with van der Waals surface area (Å²) in [5.41, 5.74) is 2.56. The van der Waals surface area contributed by atoms with Gasteiger partial charge in [0.25, 0.3) is 0 Å². The highest BCUT2D eigenvalue weighted by Crippen LogP contribution is 2.26. The minimum absolute atomic E-state index is 0.556. The first kappa shape index (κ1) is 12.6. The molecule has 1 rings (SSSR count). The molecule has 0 aliphatic carbocycles. The monoisotopic (exact) mass is 244 g/mol. The maximum absolute atomic E-state index is 5.35. The van der Waals surface area contributed by atoms with E-state index in [0.29, 0.717) is 11.1 Å². The minimum Gasteiger partial charge on any atom is -0.308 e. The Hall–Kier alpha value is -0.460. The number of aromatic nitrogens is 2. The Morgan fingerprint density at radius 1 is 1.53 bits per heavy atom. The van der Waals surface area contributed by atoms with Crippen LogP contribution in [0.4, 0.5) is 5.82 Å². The maximum Gasteiger partial charge on any atom is 0.190 e. The zero-order valence-corrected chi connectivity index (χ0v) is 10.8. The molecular weight excluding hydrogens is 228 g/mol. The van der Waals surface area contributed by atoms with Crippen molar-refractivity contribution >= 4 is 29.3 Å². The molecule has 84 valence electrons. The smallest absolute Gasteiger partial charge is 0.190 e. The number of hydrogen-bond donors (Lipinski definition) is 2. The van der Waals surface area contributed by atoms with Crippen LogP contribution in [0, 0.1) is 0 Å². The summed E-state index contributed by atoms with van der Waals surface area (Å²) in [6.07, 6.45) is 3.07. The zero-order valence-electron chi connectivity index (χ0n) is 9.15. The maximum atomic E-state index is 5.35. The predicted molar refractivity (Wildman–Crippen MR) is 67.2 cm³/mol. The summed E-state index contributed by atoms with van der Waals surface area (Å²) in [5, 5.41) is 2.27. The molecule has 0 saturated heterocycles. The number of nitrogens with one attached hydrogen (secondary N) is 1. The van der Waals surface area contributed by atoms with Crippen molar-refractivity contribution in [1.82, 2.24) is 9.97 Å². The SMILES string of the molecule is CCC(C)Sc1cc(NN)nc(SC)n1. The molecule has 15 heavy (non-hydrogen) atoms. The van der Waals surface area contributed by atoms with Gasteiger partial charge >= 0.3 is 0 Å². The van der Waals surface area contributed by atoms with E-state index in [0.717, 1.165) is 16.6 Å². The van der Waals surface area contributed by atoms with Gasteiger partial charge in [-0.25, -0.2) is 15.8 Å². The molecule has 0 fully saturated rings. The Morgan fingerprint density at radius 3 is 2.80 bits per heavy atom. The summed E-state index contributed by atoms with van der Waals surface area (Å²) in [6, 6.07) is 1.87. The summed E-state index contributed by atoms with van der Waals surface area (Å²) >= 11 is 3.26. The fourth-order valence-electron chi connectivity index (χ4n) is 0.919. The van der Waals surface area contributed by atoms with E-state index in [4.69, 9.17) is 5.84 Å². The summed E-state index contributed by atoms with van der Waals surface area (Å²) < 4.78 is 0. The van der Waals surface area contributed by atoms with E-state index in [2.05, 4.69) is 29.2 Å². The van der Waals surface area contributed by atoms with Crippen LogP contribution in [0.15, 0.2) is 16.2 Å². The summed E-state index contributed by atoms with van der Waals surface area (Å²) in [6.45, 7) is 4.34. The molecule has 1 unspecified atom stereocenters. The van der Waals surface area contributed by atoms with Gasteiger partial charge in [-0.15, -0.1) is 11.8 Å². The molecule has 3 N–H and O–H groups in total. The lowest BCUT2D eigenvalue weighted by molar-refractivity contribution is 0.869. The lowest BCUT2D eigenvalue weighted by atomic mass is 10.4. The van der Waals surface area contributed by atoms with Gasteiger partial charge in [0, 0.05) is 11.3 Å². The molecular formula is C9H16N4S2. The Balaban J connectivity index is 2.86. The molecule has 0 bridgehead atoms. The van der Waals surface area contributed by atoms with Crippen LogP contribution in [0.25, 0.3) is 0 Å². The van der Waals surface area contributed by atoms with Crippen molar-refractivity contribution in [3.63, 3.8) is 0 Å². The molecule has 6 heteroatoms. The molecule has 1 aromatic heterocycles. The molecule has 0 aliphatic rings. The Morgan fingerprint density at radius 2 is 2.27 bits per heavy atom. The van der Waals surface area contributed by atoms with E-state index in [-0.39, 0.29) is 0 Å². The van der Waals surface area contributed by atoms with Crippen molar-refractivity contribution in [1.29, 1.82) is 0 Å². The average molecular weight is 244 g/mol. The number of hydrazine groups is 1. The van der Waals surface area contributed by atoms with Crippen molar-refractivity contribution in [2.75, 3.05) is 11.7 Å². The number of nitrogen functional groups attached to an aromatic ring is 1. The van der Waals surface area contributed by atoms with Gasteiger partial charge in [-0.1, -0.05) is 25.6 Å². The number of nitrogens with two attached hydrogens (primary N) is 1. The molecule has 1 atom stereocenters. The van der Waals surface area contributed by atoms with E-state index < -0.39 is 0 Å². The molecule has 0 saturated carbocycles. The Labute approximate surface area is 98.8 Å². The normalized spacial score (nSPS) is 12.5. The molecule has 0 radical (unpaired) electrons. The first-order valence-corrected chi connectivity index (χ1v) is 6.86. The minimum atomic E-state index is 0.556. The molecule has 1 heterocycles. The quantitative estimate of drug-likeness (QED) is 0.272. The van der Waals surface area contributed by atoms with Gasteiger partial charge in [-0.3, -0.25) is 0 Å². The van der Waals surface area contributed by atoms with Crippen LogP contribution in [0.2, 0.25) is 0 Å². The van der Waals surface area contributed by atoms with Gasteiger partial charge in [0.2, 0.25) is 0 Å². The highest BCUT2D eigenvalue weighted by atomic mass is 32.2. The third kappa shape index (κ3) is 3.89. The Kier molecular flexibility index (Phi) is 5.21. The molecule has 0 amide bonds. The number of rotatable bonds is 5. The fourth-order valence-corrected chi connectivity index (χ4v) is 2.25. The molecule has 0 spiro atoms. The number of thioether (sulfide) groups is 2. The molecule has 4 nitrogen and oxygen atoms in total. The lowest BCUT2D eigenvalue weighted by Crippen LogP contribution is -2.09. The van der Waals surface area contributed by atoms with Crippen molar-refractivity contribution < 1.29 is 0 Å². The standard InChI is InChI=1S/C9H16N4S2/c1-4-6(2)15-8-5-7(13-10)11-9(12-8)14-3/h5-6H,4,10H2,1-3H3,(H,11,12,13).